The van der Waals surface area contributed by atoms with Gasteiger partial charge in [0.05, 0.1) is 6.10 Å². The van der Waals surface area contributed by atoms with Crippen molar-refractivity contribution in [2.45, 2.75) is 57.1 Å². The molecule has 0 radical (unpaired) electrons. The third-order valence-electron chi connectivity index (χ3n) is 5.99. The molecule has 2 aliphatic rings. The number of likely N-dealkylation sites (tertiary alicyclic amines) is 1. The molecular formula is C23H29ClN2O2. The summed E-state index contributed by atoms with van der Waals surface area (Å²) in [6, 6.07) is 6.18. The maximum absolute atomic E-state index is 13.1. The quantitative estimate of drug-likeness (QED) is 0.558. The lowest BCUT2D eigenvalue weighted by Crippen LogP contribution is -2.49. The van der Waals surface area contributed by atoms with Crippen molar-refractivity contribution in [2.24, 2.45) is 10.9 Å². The summed E-state index contributed by atoms with van der Waals surface area (Å²) in [4.78, 5) is 19.0. The Morgan fingerprint density at radius 1 is 1.29 bits per heavy atom. The highest BCUT2D eigenvalue weighted by molar-refractivity contribution is 6.31. The zero-order chi connectivity index (χ0) is 20.1. The molecule has 4 nitrogen and oxygen atoms in total. The van der Waals surface area contributed by atoms with Crippen molar-refractivity contribution in [3.8, 4) is 0 Å². The zero-order valence-electron chi connectivity index (χ0n) is 16.3. The molecule has 1 N–H and O–H groups in total. The van der Waals surface area contributed by atoms with E-state index < -0.39 is 0 Å². The number of aliphatic hydroxyl groups excluding tert-OH is 1. The monoisotopic (exact) mass is 400 g/mol. The van der Waals surface area contributed by atoms with Gasteiger partial charge in [-0.2, -0.15) is 0 Å². The summed E-state index contributed by atoms with van der Waals surface area (Å²) in [6.07, 6.45) is 9.18. The maximum Gasteiger partial charge on any atom is 0.226 e. The number of carbonyl (C=O) groups is 1. The second-order valence-corrected chi connectivity index (χ2v) is 8.22. The number of piperidine rings is 1. The first kappa shape index (κ1) is 20.8. The lowest BCUT2D eigenvalue weighted by Gasteiger charge is -2.40. The van der Waals surface area contributed by atoms with E-state index in [4.69, 9.17) is 11.6 Å². The van der Waals surface area contributed by atoms with Crippen LogP contribution >= 0.6 is 11.6 Å². The van der Waals surface area contributed by atoms with Crippen molar-refractivity contribution < 1.29 is 9.90 Å². The average molecular weight is 401 g/mol. The van der Waals surface area contributed by atoms with Crippen molar-refractivity contribution in [3.63, 3.8) is 0 Å². The van der Waals surface area contributed by atoms with Crippen LogP contribution in [0.1, 0.15) is 49.7 Å². The molecule has 1 aromatic carbocycles. The van der Waals surface area contributed by atoms with E-state index >= 15 is 0 Å². The van der Waals surface area contributed by atoms with Crippen molar-refractivity contribution in [1.82, 2.24) is 4.90 Å². The van der Waals surface area contributed by atoms with Crippen LogP contribution in [0.25, 0.3) is 5.57 Å². The smallest absolute Gasteiger partial charge is 0.226 e. The number of allylic oxidation sites excluding steroid dienone is 2. The van der Waals surface area contributed by atoms with Gasteiger partial charge in [-0.3, -0.25) is 9.79 Å². The van der Waals surface area contributed by atoms with Gasteiger partial charge in [0, 0.05) is 29.7 Å². The fourth-order valence-electron chi connectivity index (χ4n) is 4.40. The Balaban J connectivity index is 1.70. The number of carbonyl (C=O) groups excluding carboxylic acids is 1. The van der Waals surface area contributed by atoms with Gasteiger partial charge in [0.2, 0.25) is 5.91 Å². The van der Waals surface area contributed by atoms with Crippen LogP contribution < -0.4 is 0 Å². The number of halogens is 1. The third-order valence-corrected chi connectivity index (χ3v) is 6.35. The van der Waals surface area contributed by atoms with Gasteiger partial charge in [0.1, 0.15) is 0 Å². The van der Waals surface area contributed by atoms with Crippen molar-refractivity contribution in [1.29, 1.82) is 0 Å². The van der Waals surface area contributed by atoms with Crippen LogP contribution in [0.2, 0.25) is 5.02 Å². The number of benzene rings is 1. The van der Waals surface area contributed by atoms with E-state index in [1.54, 1.807) is 12.3 Å². The molecule has 5 heteroatoms. The molecule has 2 fully saturated rings. The third kappa shape index (κ3) is 4.73. The molecule has 1 saturated heterocycles. The van der Waals surface area contributed by atoms with Gasteiger partial charge < -0.3 is 10.0 Å². The summed E-state index contributed by atoms with van der Waals surface area (Å²) >= 11 is 6.54. The van der Waals surface area contributed by atoms with Gasteiger partial charge in [-0.25, -0.2) is 0 Å². The molecule has 28 heavy (non-hydrogen) atoms. The number of hydrogen-bond donors (Lipinski definition) is 1. The second-order valence-electron chi connectivity index (χ2n) is 7.81. The summed E-state index contributed by atoms with van der Waals surface area (Å²) in [7, 11) is 0. The second kappa shape index (κ2) is 9.53. The van der Waals surface area contributed by atoms with E-state index in [-0.39, 0.29) is 24.0 Å². The Kier molecular flexibility index (Phi) is 7.08. The molecule has 0 aromatic heterocycles. The molecule has 150 valence electrons. The lowest BCUT2D eigenvalue weighted by atomic mass is 9.86. The minimum Gasteiger partial charge on any atom is -0.393 e. The van der Waals surface area contributed by atoms with Gasteiger partial charge in [-0.1, -0.05) is 36.4 Å². The number of rotatable bonds is 6. The van der Waals surface area contributed by atoms with Gasteiger partial charge in [-0.05, 0) is 74.4 Å². The predicted octanol–water partition coefficient (Wildman–Crippen LogP) is 4.65. The lowest BCUT2D eigenvalue weighted by molar-refractivity contribution is -0.142. The van der Waals surface area contributed by atoms with E-state index in [0.717, 1.165) is 61.8 Å². The first-order valence-electron chi connectivity index (χ1n) is 10.1. The standard InChI is InChI=1S/C23H29ClN2O2/c1-3-16(15-25-2)17-6-7-18(22(24)14-17)13-19-5-4-12-26(23(19)28)20-8-10-21(27)11-9-20/h3,6-7,14-15,19-21,27H,1-2,4-5,8-13H2/b16-15+. The predicted molar refractivity (Wildman–Crippen MR) is 116 cm³/mol. The van der Waals surface area contributed by atoms with Crippen molar-refractivity contribution in [2.75, 3.05) is 6.54 Å². The van der Waals surface area contributed by atoms with Gasteiger partial charge >= 0.3 is 0 Å². The highest BCUT2D eigenvalue weighted by Crippen LogP contribution is 2.32. The molecule has 1 atom stereocenters. The average Bonchev–Trinajstić information content (AvgIpc) is 2.70. The first-order valence-corrected chi connectivity index (χ1v) is 10.5. The summed E-state index contributed by atoms with van der Waals surface area (Å²) in [6.45, 7) is 8.13. The topological polar surface area (TPSA) is 52.9 Å². The largest absolute Gasteiger partial charge is 0.393 e. The Morgan fingerprint density at radius 3 is 2.68 bits per heavy atom. The summed E-state index contributed by atoms with van der Waals surface area (Å²) in [5.41, 5.74) is 2.80. The van der Waals surface area contributed by atoms with Crippen LogP contribution in [0.5, 0.6) is 0 Å². The highest BCUT2D eigenvalue weighted by Gasteiger charge is 2.35. The molecular weight excluding hydrogens is 372 g/mol. The fourth-order valence-corrected chi connectivity index (χ4v) is 4.66. The number of nitrogens with zero attached hydrogens (tertiary/aromatic N) is 2. The maximum atomic E-state index is 13.1. The molecule has 1 aliphatic heterocycles. The number of hydrogen-bond acceptors (Lipinski definition) is 3. The molecule has 1 saturated carbocycles. The van der Waals surface area contributed by atoms with Crippen LogP contribution in [0.15, 0.2) is 42.0 Å². The van der Waals surface area contributed by atoms with E-state index in [0.29, 0.717) is 11.4 Å². The number of amides is 1. The number of aliphatic imine (C=N–C) groups is 1. The summed E-state index contributed by atoms with van der Waals surface area (Å²) < 4.78 is 0. The van der Waals surface area contributed by atoms with Crippen LogP contribution in [0.4, 0.5) is 0 Å². The molecule has 1 unspecified atom stereocenters. The summed E-state index contributed by atoms with van der Waals surface area (Å²) in [5.74, 6) is 0.225. The van der Waals surface area contributed by atoms with Crippen LogP contribution in [-0.4, -0.2) is 41.3 Å². The number of aliphatic hydroxyl groups is 1. The molecule has 3 rings (SSSR count). The van der Waals surface area contributed by atoms with Crippen molar-refractivity contribution in [3.05, 3.63) is 53.2 Å². The summed E-state index contributed by atoms with van der Waals surface area (Å²) in [5, 5.41) is 10.4. The van der Waals surface area contributed by atoms with E-state index in [2.05, 4.69) is 23.2 Å². The minimum atomic E-state index is -0.199. The molecule has 0 spiro atoms. The van der Waals surface area contributed by atoms with E-state index in [1.165, 1.54) is 0 Å². The molecule has 1 amide bonds. The van der Waals surface area contributed by atoms with Crippen LogP contribution in [-0.2, 0) is 11.2 Å². The van der Waals surface area contributed by atoms with E-state index in [9.17, 15) is 9.90 Å². The van der Waals surface area contributed by atoms with Crippen LogP contribution in [0.3, 0.4) is 0 Å². The van der Waals surface area contributed by atoms with Gasteiger partial charge in [0.25, 0.3) is 0 Å². The normalized spacial score (nSPS) is 26.2. The van der Waals surface area contributed by atoms with Crippen molar-refractivity contribution >= 4 is 29.8 Å². The van der Waals surface area contributed by atoms with Gasteiger partial charge in [0.15, 0.2) is 0 Å². The van der Waals surface area contributed by atoms with E-state index in [1.807, 2.05) is 18.2 Å². The van der Waals surface area contributed by atoms with Gasteiger partial charge in [-0.15, -0.1) is 0 Å². The fraction of sp³-hybridized carbons (Fsp3) is 0.478. The molecule has 1 aliphatic carbocycles. The molecule has 1 heterocycles. The Morgan fingerprint density at radius 2 is 2.04 bits per heavy atom. The minimum absolute atomic E-state index is 0.0202. The Bertz CT molecular complexity index is 766. The van der Waals surface area contributed by atoms with Crippen LogP contribution in [0, 0.1) is 5.92 Å². The Labute approximate surface area is 172 Å². The molecule has 0 bridgehead atoms. The highest BCUT2D eigenvalue weighted by atomic mass is 35.5. The molecule has 1 aromatic rings. The SMILES string of the molecule is C=C/C(=C\N=C)c1ccc(CC2CCCN(C3CCC(O)CC3)C2=O)c(Cl)c1. The Hall–Kier alpha value is -1.91. The zero-order valence-corrected chi connectivity index (χ0v) is 17.1. The first-order chi connectivity index (χ1) is 13.5.